The van der Waals surface area contributed by atoms with Crippen molar-refractivity contribution >= 4 is 11.8 Å². The average molecular weight is 318 g/mol. The summed E-state index contributed by atoms with van der Waals surface area (Å²) in [5.41, 5.74) is 4.10. The molecule has 0 saturated carbocycles. The van der Waals surface area contributed by atoms with Crippen molar-refractivity contribution in [3.05, 3.63) is 59.9 Å². The minimum atomic E-state index is -0.749. The fourth-order valence-corrected chi connectivity index (χ4v) is 1.70. The Kier molecular flexibility index (Phi) is 5.51. The van der Waals surface area contributed by atoms with Crippen LogP contribution in [-0.4, -0.2) is 25.5 Å². The number of rotatable bonds is 5. The quantitative estimate of drug-likeness (QED) is 0.822. The standard InChI is InChI=1S/C16H15FN2O4/c1-22-11-6-8-12(9-7-11)23-10-15(20)18-19-16(21)13-4-2-3-5-14(13)17/h2-9H,10H2,1H3,(H,18,20)(H,19,21). The molecule has 7 heteroatoms. The van der Waals surface area contributed by atoms with Gasteiger partial charge in [0.25, 0.3) is 11.8 Å². The SMILES string of the molecule is COc1ccc(OCC(=O)NNC(=O)c2ccccc2F)cc1. The van der Waals surface area contributed by atoms with Crippen LogP contribution < -0.4 is 20.3 Å². The third-order valence-corrected chi connectivity index (χ3v) is 2.86. The molecule has 0 aliphatic heterocycles. The highest BCUT2D eigenvalue weighted by molar-refractivity contribution is 5.95. The van der Waals surface area contributed by atoms with Gasteiger partial charge in [0.1, 0.15) is 17.3 Å². The van der Waals surface area contributed by atoms with Crippen LogP contribution in [0.2, 0.25) is 0 Å². The molecule has 2 aromatic rings. The second-order valence-electron chi connectivity index (χ2n) is 4.45. The van der Waals surface area contributed by atoms with Crippen molar-refractivity contribution in [2.75, 3.05) is 13.7 Å². The summed E-state index contributed by atoms with van der Waals surface area (Å²) in [6, 6.07) is 12.1. The molecule has 120 valence electrons. The number of hydrogen-bond acceptors (Lipinski definition) is 4. The molecule has 0 radical (unpaired) electrons. The Bertz CT molecular complexity index is 689. The molecular weight excluding hydrogens is 303 g/mol. The van der Waals surface area contributed by atoms with Gasteiger partial charge in [-0.3, -0.25) is 20.4 Å². The van der Waals surface area contributed by atoms with Gasteiger partial charge >= 0.3 is 0 Å². The molecule has 2 rings (SSSR count). The van der Waals surface area contributed by atoms with E-state index >= 15 is 0 Å². The number of nitrogens with one attached hydrogen (secondary N) is 2. The van der Waals surface area contributed by atoms with Crippen LogP contribution in [0.4, 0.5) is 4.39 Å². The van der Waals surface area contributed by atoms with E-state index in [1.165, 1.54) is 18.2 Å². The molecule has 0 atom stereocenters. The molecular formula is C16H15FN2O4. The zero-order chi connectivity index (χ0) is 16.7. The van der Waals surface area contributed by atoms with Crippen LogP contribution in [0.3, 0.4) is 0 Å². The van der Waals surface area contributed by atoms with Gasteiger partial charge in [-0.1, -0.05) is 12.1 Å². The van der Waals surface area contributed by atoms with Crippen molar-refractivity contribution < 1.29 is 23.5 Å². The fraction of sp³-hybridized carbons (Fsp3) is 0.125. The van der Waals surface area contributed by atoms with Crippen LogP contribution >= 0.6 is 0 Å². The van der Waals surface area contributed by atoms with Gasteiger partial charge in [-0.05, 0) is 36.4 Å². The van der Waals surface area contributed by atoms with Gasteiger partial charge in [0.2, 0.25) is 0 Å². The minimum Gasteiger partial charge on any atom is -0.497 e. The van der Waals surface area contributed by atoms with Crippen LogP contribution in [0.15, 0.2) is 48.5 Å². The topological polar surface area (TPSA) is 76.7 Å². The fourth-order valence-electron chi connectivity index (χ4n) is 1.70. The van der Waals surface area contributed by atoms with Gasteiger partial charge in [-0.25, -0.2) is 4.39 Å². The van der Waals surface area contributed by atoms with Crippen molar-refractivity contribution in [3.63, 3.8) is 0 Å². The van der Waals surface area contributed by atoms with Crippen LogP contribution in [-0.2, 0) is 4.79 Å². The molecule has 2 amide bonds. The molecule has 6 nitrogen and oxygen atoms in total. The highest BCUT2D eigenvalue weighted by atomic mass is 19.1. The number of hydrazine groups is 1. The molecule has 0 bridgehead atoms. The first kappa shape index (κ1) is 16.3. The maximum Gasteiger partial charge on any atom is 0.276 e. The molecule has 2 aromatic carbocycles. The first-order chi connectivity index (χ1) is 11.1. The van der Waals surface area contributed by atoms with Crippen LogP contribution in [0.5, 0.6) is 11.5 Å². The summed E-state index contributed by atoms with van der Waals surface area (Å²) in [7, 11) is 1.54. The number of methoxy groups -OCH3 is 1. The van der Waals surface area contributed by atoms with Crippen molar-refractivity contribution in [2.24, 2.45) is 0 Å². The smallest absolute Gasteiger partial charge is 0.276 e. The highest BCUT2D eigenvalue weighted by Gasteiger charge is 2.11. The minimum absolute atomic E-state index is 0.163. The lowest BCUT2D eigenvalue weighted by molar-refractivity contribution is -0.123. The number of carbonyl (C=O) groups excluding carboxylic acids is 2. The van der Waals surface area contributed by atoms with Gasteiger partial charge < -0.3 is 9.47 Å². The van der Waals surface area contributed by atoms with Crippen molar-refractivity contribution in [1.82, 2.24) is 10.9 Å². The van der Waals surface area contributed by atoms with E-state index < -0.39 is 17.6 Å². The summed E-state index contributed by atoms with van der Waals surface area (Å²) in [6.45, 7) is -0.302. The maximum atomic E-state index is 13.4. The molecule has 2 N–H and O–H groups in total. The molecule has 23 heavy (non-hydrogen) atoms. The summed E-state index contributed by atoms with van der Waals surface area (Å²) >= 11 is 0. The van der Waals surface area contributed by atoms with E-state index in [1.54, 1.807) is 31.4 Å². The lowest BCUT2D eigenvalue weighted by atomic mass is 10.2. The number of halogens is 1. The largest absolute Gasteiger partial charge is 0.497 e. The van der Waals surface area contributed by atoms with E-state index in [4.69, 9.17) is 9.47 Å². The lowest BCUT2D eigenvalue weighted by Crippen LogP contribution is -2.44. The zero-order valence-electron chi connectivity index (χ0n) is 12.3. The van der Waals surface area contributed by atoms with Gasteiger partial charge in [0.15, 0.2) is 6.61 Å². The second kappa shape index (κ2) is 7.79. The number of amides is 2. The predicted octanol–water partition coefficient (Wildman–Crippen LogP) is 1.67. The zero-order valence-corrected chi connectivity index (χ0v) is 12.3. The number of benzene rings is 2. The van der Waals surface area contributed by atoms with E-state index in [-0.39, 0.29) is 12.2 Å². The average Bonchev–Trinajstić information content (AvgIpc) is 2.58. The predicted molar refractivity (Wildman–Crippen MR) is 80.5 cm³/mol. The van der Waals surface area contributed by atoms with Crippen molar-refractivity contribution in [1.29, 1.82) is 0 Å². The van der Waals surface area contributed by atoms with Crippen LogP contribution in [0.25, 0.3) is 0 Å². The first-order valence-corrected chi connectivity index (χ1v) is 6.70. The molecule has 0 aromatic heterocycles. The van der Waals surface area contributed by atoms with Gasteiger partial charge in [-0.2, -0.15) is 0 Å². The summed E-state index contributed by atoms with van der Waals surface area (Å²) in [6.07, 6.45) is 0. The van der Waals surface area contributed by atoms with E-state index in [0.717, 1.165) is 6.07 Å². The van der Waals surface area contributed by atoms with E-state index in [1.807, 2.05) is 0 Å². The molecule has 0 unspecified atom stereocenters. The molecule has 0 fully saturated rings. The Hall–Kier alpha value is -3.09. The van der Waals surface area contributed by atoms with Crippen molar-refractivity contribution in [3.8, 4) is 11.5 Å². The Morgan fingerprint density at radius 3 is 2.30 bits per heavy atom. The first-order valence-electron chi connectivity index (χ1n) is 6.70. The monoisotopic (exact) mass is 318 g/mol. The van der Waals surface area contributed by atoms with Gasteiger partial charge in [0, 0.05) is 0 Å². The Morgan fingerprint density at radius 1 is 1.00 bits per heavy atom. The third-order valence-electron chi connectivity index (χ3n) is 2.86. The van der Waals surface area contributed by atoms with Gasteiger partial charge in [-0.15, -0.1) is 0 Å². The highest BCUT2D eigenvalue weighted by Crippen LogP contribution is 2.16. The normalized spacial score (nSPS) is 9.83. The lowest BCUT2D eigenvalue weighted by Gasteiger charge is -2.09. The van der Waals surface area contributed by atoms with Crippen LogP contribution in [0, 0.1) is 5.82 Å². The maximum absolute atomic E-state index is 13.4. The summed E-state index contributed by atoms with van der Waals surface area (Å²) in [5.74, 6) is -0.861. The Balaban J connectivity index is 1.78. The number of ether oxygens (including phenoxy) is 2. The number of carbonyl (C=O) groups is 2. The summed E-state index contributed by atoms with van der Waals surface area (Å²) in [5, 5.41) is 0. The summed E-state index contributed by atoms with van der Waals surface area (Å²) < 4.78 is 23.6. The Labute approximate surface area is 132 Å². The van der Waals surface area contributed by atoms with E-state index in [2.05, 4.69) is 10.9 Å². The molecule has 0 saturated heterocycles. The number of hydrogen-bond donors (Lipinski definition) is 2. The van der Waals surface area contributed by atoms with Crippen LogP contribution in [0.1, 0.15) is 10.4 Å². The third kappa shape index (κ3) is 4.70. The van der Waals surface area contributed by atoms with E-state index in [9.17, 15) is 14.0 Å². The second-order valence-corrected chi connectivity index (χ2v) is 4.45. The van der Waals surface area contributed by atoms with Gasteiger partial charge in [0.05, 0.1) is 12.7 Å². The summed E-state index contributed by atoms with van der Waals surface area (Å²) in [4.78, 5) is 23.3. The van der Waals surface area contributed by atoms with E-state index in [0.29, 0.717) is 11.5 Å². The molecule has 0 aliphatic rings. The van der Waals surface area contributed by atoms with Crippen molar-refractivity contribution in [2.45, 2.75) is 0 Å². The molecule has 0 spiro atoms. The molecule has 0 aliphatic carbocycles. The Morgan fingerprint density at radius 2 is 1.65 bits per heavy atom. The molecule has 0 heterocycles.